The van der Waals surface area contributed by atoms with Gasteiger partial charge in [-0.15, -0.1) is 0 Å². The number of rotatable bonds is 5. The molecule has 110 valence electrons. The number of ether oxygens (including phenoxy) is 2. The number of carbonyl (C=O) groups excluding carboxylic acids is 1. The number of esters is 1. The molecule has 0 saturated carbocycles. The summed E-state index contributed by atoms with van der Waals surface area (Å²) in [6, 6.07) is 11.3. The van der Waals surface area contributed by atoms with Gasteiger partial charge in [-0.3, -0.25) is 9.78 Å². The molecule has 0 spiro atoms. The summed E-state index contributed by atoms with van der Waals surface area (Å²) < 4.78 is 10.7. The number of carbonyl (C=O) groups is 1. The lowest BCUT2D eigenvalue weighted by Gasteiger charge is -2.26. The number of methoxy groups -OCH3 is 1. The van der Waals surface area contributed by atoms with Gasteiger partial charge in [0.1, 0.15) is 11.4 Å². The van der Waals surface area contributed by atoms with Crippen molar-refractivity contribution in [3.63, 3.8) is 0 Å². The van der Waals surface area contributed by atoms with E-state index in [2.05, 4.69) is 9.72 Å². The summed E-state index contributed by atoms with van der Waals surface area (Å²) in [5.41, 5.74) is 1.43. The zero-order valence-corrected chi connectivity index (χ0v) is 12.5. The monoisotopic (exact) mass is 285 g/mol. The first kappa shape index (κ1) is 15.0. The van der Waals surface area contributed by atoms with Gasteiger partial charge < -0.3 is 9.47 Å². The number of hydrogen-bond acceptors (Lipinski definition) is 4. The van der Waals surface area contributed by atoms with Gasteiger partial charge in [-0.1, -0.05) is 18.2 Å². The Bertz CT molecular complexity index is 591. The Morgan fingerprint density at radius 2 is 1.90 bits per heavy atom. The Morgan fingerprint density at radius 3 is 2.48 bits per heavy atom. The molecule has 0 aliphatic carbocycles. The maximum atomic E-state index is 11.2. The second-order valence-electron chi connectivity index (χ2n) is 5.25. The van der Waals surface area contributed by atoms with E-state index >= 15 is 0 Å². The van der Waals surface area contributed by atoms with Crippen molar-refractivity contribution in [2.24, 2.45) is 0 Å². The third-order valence-electron chi connectivity index (χ3n) is 3.23. The van der Waals surface area contributed by atoms with Crippen LogP contribution in [0.15, 0.2) is 48.8 Å². The van der Waals surface area contributed by atoms with Crippen LogP contribution in [-0.2, 0) is 21.6 Å². The first-order valence-electron chi connectivity index (χ1n) is 6.76. The van der Waals surface area contributed by atoms with Crippen molar-refractivity contribution in [1.29, 1.82) is 0 Å². The molecule has 0 aliphatic heterocycles. The van der Waals surface area contributed by atoms with Crippen LogP contribution < -0.4 is 4.74 Å². The van der Waals surface area contributed by atoms with Crippen LogP contribution in [0.3, 0.4) is 0 Å². The van der Waals surface area contributed by atoms with Gasteiger partial charge in [0.15, 0.2) is 0 Å². The van der Waals surface area contributed by atoms with Crippen LogP contribution in [0, 0.1) is 0 Å². The van der Waals surface area contributed by atoms with E-state index in [-0.39, 0.29) is 12.4 Å². The van der Waals surface area contributed by atoms with Crippen LogP contribution in [0.2, 0.25) is 0 Å². The standard InChI is InChI=1S/C17H19NO3/c1-17(2,14-5-4-10-18-12-14)21-15-8-6-13(7-9-15)11-16(19)20-3/h4-10,12H,11H2,1-3H3. The van der Waals surface area contributed by atoms with E-state index in [0.717, 1.165) is 16.9 Å². The van der Waals surface area contributed by atoms with Crippen molar-refractivity contribution in [2.75, 3.05) is 7.11 Å². The normalized spacial score (nSPS) is 11.0. The molecular formula is C17H19NO3. The maximum Gasteiger partial charge on any atom is 0.309 e. The van der Waals surface area contributed by atoms with Crippen molar-refractivity contribution in [3.05, 3.63) is 59.9 Å². The van der Waals surface area contributed by atoms with Crippen LogP contribution in [-0.4, -0.2) is 18.1 Å². The van der Waals surface area contributed by atoms with Gasteiger partial charge in [0.05, 0.1) is 13.5 Å². The highest BCUT2D eigenvalue weighted by Gasteiger charge is 2.22. The Labute approximate surface area is 124 Å². The second-order valence-corrected chi connectivity index (χ2v) is 5.25. The lowest BCUT2D eigenvalue weighted by Crippen LogP contribution is -2.25. The smallest absolute Gasteiger partial charge is 0.309 e. The van der Waals surface area contributed by atoms with Crippen LogP contribution in [0.1, 0.15) is 25.0 Å². The number of aromatic nitrogens is 1. The minimum absolute atomic E-state index is 0.251. The summed E-state index contributed by atoms with van der Waals surface area (Å²) in [6.07, 6.45) is 3.80. The molecule has 4 nitrogen and oxygen atoms in total. The van der Waals surface area contributed by atoms with E-state index in [9.17, 15) is 4.79 Å². The fourth-order valence-electron chi connectivity index (χ4n) is 1.99. The second kappa shape index (κ2) is 6.39. The molecule has 0 saturated heterocycles. The molecule has 0 aliphatic rings. The van der Waals surface area contributed by atoms with Crippen molar-refractivity contribution in [3.8, 4) is 5.75 Å². The highest BCUT2D eigenvalue weighted by Crippen LogP contribution is 2.27. The molecule has 0 amide bonds. The van der Waals surface area contributed by atoms with Crippen LogP contribution in [0.25, 0.3) is 0 Å². The topological polar surface area (TPSA) is 48.4 Å². The average Bonchev–Trinajstić information content (AvgIpc) is 2.50. The molecule has 2 aromatic rings. The SMILES string of the molecule is COC(=O)Cc1ccc(OC(C)(C)c2cccnc2)cc1. The zero-order valence-electron chi connectivity index (χ0n) is 12.5. The molecule has 0 bridgehead atoms. The van der Waals surface area contributed by atoms with Gasteiger partial charge in [0.25, 0.3) is 0 Å². The third kappa shape index (κ3) is 4.05. The molecule has 0 fully saturated rings. The molecule has 21 heavy (non-hydrogen) atoms. The quantitative estimate of drug-likeness (QED) is 0.792. The molecule has 0 atom stereocenters. The molecule has 1 heterocycles. The molecule has 1 aromatic carbocycles. The Balaban J connectivity index is 2.08. The number of nitrogens with zero attached hydrogens (tertiary/aromatic N) is 1. The first-order valence-corrected chi connectivity index (χ1v) is 6.76. The molecule has 0 radical (unpaired) electrons. The highest BCUT2D eigenvalue weighted by molar-refractivity contribution is 5.72. The van der Waals surface area contributed by atoms with Crippen LogP contribution in [0.4, 0.5) is 0 Å². The average molecular weight is 285 g/mol. The predicted molar refractivity (Wildman–Crippen MR) is 80.1 cm³/mol. The number of pyridine rings is 1. The number of hydrogen-bond donors (Lipinski definition) is 0. The summed E-state index contributed by atoms with van der Waals surface area (Å²) in [4.78, 5) is 15.3. The summed E-state index contributed by atoms with van der Waals surface area (Å²) >= 11 is 0. The minimum atomic E-state index is -0.474. The van der Waals surface area contributed by atoms with E-state index in [1.54, 1.807) is 12.4 Å². The molecular weight excluding hydrogens is 266 g/mol. The van der Waals surface area contributed by atoms with Crippen molar-refractivity contribution >= 4 is 5.97 Å². The fourth-order valence-corrected chi connectivity index (χ4v) is 1.99. The van der Waals surface area contributed by atoms with E-state index in [1.807, 2.05) is 50.2 Å². The van der Waals surface area contributed by atoms with E-state index in [1.165, 1.54) is 7.11 Å². The van der Waals surface area contributed by atoms with Crippen LogP contribution in [0.5, 0.6) is 5.75 Å². The highest BCUT2D eigenvalue weighted by atomic mass is 16.5. The number of benzene rings is 1. The largest absolute Gasteiger partial charge is 0.483 e. The Hall–Kier alpha value is -2.36. The summed E-state index contributed by atoms with van der Waals surface area (Å²) in [7, 11) is 1.39. The summed E-state index contributed by atoms with van der Waals surface area (Å²) in [6.45, 7) is 3.98. The van der Waals surface area contributed by atoms with Crippen LogP contribution >= 0.6 is 0 Å². The van der Waals surface area contributed by atoms with E-state index in [0.29, 0.717) is 0 Å². The van der Waals surface area contributed by atoms with Crippen molar-refractivity contribution in [1.82, 2.24) is 4.98 Å². The van der Waals surface area contributed by atoms with Crippen molar-refractivity contribution in [2.45, 2.75) is 25.9 Å². The van der Waals surface area contributed by atoms with Gasteiger partial charge in [0, 0.05) is 18.0 Å². The maximum absolute atomic E-state index is 11.2. The van der Waals surface area contributed by atoms with Gasteiger partial charge in [-0.2, -0.15) is 0 Å². The lowest BCUT2D eigenvalue weighted by atomic mass is 10.00. The van der Waals surface area contributed by atoms with Crippen molar-refractivity contribution < 1.29 is 14.3 Å². The van der Waals surface area contributed by atoms with Gasteiger partial charge in [-0.05, 0) is 37.6 Å². The fraction of sp³-hybridized carbons (Fsp3) is 0.294. The Morgan fingerprint density at radius 1 is 1.19 bits per heavy atom. The predicted octanol–water partition coefficient (Wildman–Crippen LogP) is 3.11. The molecule has 1 aromatic heterocycles. The lowest BCUT2D eigenvalue weighted by molar-refractivity contribution is -0.139. The third-order valence-corrected chi connectivity index (χ3v) is 3.23. The van der Waals surface area contributed by atoms with E-state index in [4.69, 9.17) is 4.74 Å². The molecule has 0 N–H and O–H groups in total. The van der Waals surface area contributed by atoms with E-state index < -0.39 is 5.60 Å². The summed E-state index contributed by atoms with van der Waals surface area (Å²) in [5, 5.41) is 0. The summed E-state index contributed by atoms with van der Waals surface area (Å²) in [5.74, 6) is 0.497. The molecule has 2 rings (SSSR count). The Kier molecular flexibility index (Phi) is 4.58. The first-order chi connectivity index (χ1) is 10.0. The zero-order chi connectivity index (χ0) is 15.3. The van der Waals surface area contributed by atoms with Gasteiger partial charge >= 0.3 is 5.97 Å². The minimum Gasteiger partial charge on any atom is -0.483 e. The van der Waals surface area contributed by atoms with Gasteiger partial charge in [0.2, 0.25) is 0 Å². The molecule has 0 unspecified atom stereocenters. The van der Waals surface area contributed by atoms with Gasteiger partial charge in [-0.25, -0.2) is 0 Å². The molecule has 4 heteroatoms.